The van der Waals surface area contributed by atoms with E-state index in [1.165, 1.54) is 0 Å². The number of esters is 1. The van der Waals surface area contributed by atoms with E-state index in [-0.39, 0.29) is 5.97 Å². The van der Waals surface area contributed by atoms with Crippen LogP contribution in [0.1, 0.15) is 33.6 Å². The summed E-state index contributed by atoms with van der Waals surface area (Å²) in [5.74, 6) is 5.50. The largest absolute Gasteiger partial charge is 0.463 e. The fourth-order valence-corrected chi connectivity index (χ4v) is 0.814. The second-order valence-corrected chi connectivity index (χ2v) is 2.57. The van der Waals surface area contributed by atoms with Gasteiger partial charge in [0.05, 0.1) is 6.61 Å². The quantitative estimate of drug-likeness (QED) is 0.287. The Hall–Kier alpha value is -1.23. The summed E-state index contributed by atoms with van der Waals surface area (Å²) in [4.78, 5) is 11.1. The van der Waals surface area contributed by atoms with Gasteiger partial charge in [0.15, 0.2) is 0 Å². The molecule has 0 rings (SSSR count). The first-order valence-electron chi connectivity index (χ1n) is 4.45. The number of unbranched alkanes of at least 4 members (excludes halogenated alkanes) is 1. The molecule has 0 spiro atoms. The third-order valence-electron chi connectivity index (χ3n) is 1.49. The number of carbonyl (C=O) groups is 1. The van der Waals surface area contributed by atoms with E-state index >= 15 is 0 Å². The predicted octanol–water partition coefficient (Wildman–Crippen LogP) is 2.30. The van der Waals surface area contributed by atoms with E-state index in [4.69, 9.17) is 4.74 Å². The summed E-state index contributed by atoms with van der Waals surface area (Å²) in [6, 6.07) is 0. The molecule has 2 heteroatoms. The number of carbonyl (C=O) groups excluding carboxylic acids is 1. The van der Waals surface area contributed by atoms with Crippen LogP contribution in [0.25, 0.3) is 0 Å². The Morgan fingerprint density at radius 1 is 1.54 bits per heavy atom. The number of allylic oxidation sites excluding steroid dienone is 1. The van der Waals surface area contributed by atoms with Gasteiger partial charge in [-0.05, 0) is 27.2 Å². The third kappa shape index (κ3) is 5.98. The highest BCUT2D eigenvalue weighted by Crippen LogP contribution is 2.00. The Bertz CT molecular complexity index is 241. The molecule has 0 aliphatic rings. The smallest absolute Gasteiger partial charge is 0.333 e. The van der Waals surface area contributed by atoms with Gasteiger partial charge in [-0.25, -0.2) is 4.79 Å². The van der Waals surface area contributed by atoms with Crippen LogP contribution in [0, 0.1) is 11.8 Å². The molecule has 0 radical (unpaired) electrons. The number of hydrogen-bond acceptors (Lipinski definition) is 2. The molecule has 0 aromatic rings. The maximum Gasteiger partial charge on any atom is 0.333 e. The van der Waals surface area contributed by atoms with E-state index in [9.17, 15) is 4.79 Å². The number of rotatable bonds is 4. The van der Waals surface area contributed by atoms with Crippen molar-refractivity contribution < 1.29 is 9.53 Å². The normalized spacial score (nSPS) is 10.2. The summed E-state index contributed by atoms with van der Waals surface area (Å²) in [5, 5.41) is 0. The first-order valence-corrected chi connectivity index (χ1v) is 4.45. The van der Waals surface area contributed by atoms with Gasteiger partial charge in [-0.3, -0.25) is 0 Å². The molecule has 0 saturated carbocycles. The molecule has 0 atom stereocenters. The van der Waals surface area contributed by atoms with Crippen LogP contribution in [0.2, 0.25) is 0 Å². The van der Waals surface area contributed by atoms with Crippen molar-refractivity contribution in [1.29, 1.82) is 0 Å². The van der Waals surface area contributed by atoms with Crippen LogP contribution in [-0.2, 0) is 9.53 Å². The summed E-state index contributed by atoms with van der Waals surface area (Å²) < 4.78 is 4.82. The molecule has 0 aromatic carbocycles. The first-order chi connectivity index (χ1) is 6.22. The minimum Gasteiger partial charge on any atom is -0.463 e. The molecule has 0 aromatic heterocycles. The van der Waals surface area contributed by atoms with Crippen molar-refractivity contribution >= 4 is 5.97 Å². The van der Waals surface area contributed by atoms with E-state index in [1.807, 2.05) is 13.0 Å². The van der Waals surface area contributed by atoms with Crippen molar-refractivity contribution in [3.63, 3.8) is 0 Å². The predicted molar refractivity (Wildman–Crippen MR) is 53.1 cm³/mol. The maximum atomic E-state index is 11.1. The van der Waals surface area contributed by atoms with Gasteiger partial charge in [0, 0.05) is 12.0 Å². The molecule has 0 unspecified atom stereocenters. The average molecular weight is 180 g/mol. The topological polar surface area (TPSA) is 26.3 Å². The fraction of sp³-hybridized carbons (Fsp3) is 0.545. The van der Waals surface area contributed by atoms with Crippen molar-refractivity contribution in [2.24, 2.45) is 0 Å². The molecule has 0 aliphatic heterocycles. The van der Waals surface area contributed by atoms with Gasteiger partial charge in [-0.15, -0.1) is 11.8 Å². The van der Waals surface area contributed by atoms with Gasteiger partial charge in [-0.1, -0.05) is 6.08 Å². The molecular formula is C11H16O2. The van der Waals surface area contributed by atoms with Crippen LogP contribution in [0.15, 0.2) is 11.6 Å². The molecular weight excluding hydrogens is 164 g/mol. The van der Waals surface area contributed by atoms with Crippen molar-refractivity contribution in [3.05, 3.63) is 11.6 Å². The van der Waals surface area contributed by atoms with Gasteiger partial charge in [-0.2, -0.15) is 0 Å². The molecule has 72 valence electrons. The van der Waals surface area contributed by atoms with E-state index in [1.54, 1.807) is 13.8 Å². The van der Waals surface area contributed by atoms with Crippen LogP contribution in [0.3, 0.4) is 0 Å². The highest BCUT2D eigenvalue weighted by atomic mass is 16.5. The summed E-state index contributed by atoms with van der Waals surface area (Å²) >= 11 is 0. The van der Waals surface area contributed by atoms with Crippen LogP contribution in [-0.4, -0.2) is 12.6 Å². The minimum atomic E-state index is -0.230. The van der Waals surface area contributed by atoms with Crippen molar-refractivity contribution in [1.82, 2.24) is 0 Å². The molecule has 0 aliphatic carbocycles. The second-order valence-electron chi connectivity index (χ2n) is 2.57. The Morgan fingerprint density at radius 3 is 2.77 bits per heavy atom. The maximum absolute atomic E-state index is 11.1. The lowest BCUT2D eigenvalue weighted by Crippen LogP contribution is -2.04. The monoisotopic (exact) mass is 180 g/mol. The zero-order valence-corrected chi connectivity index (χ0v) is 8.52. The van der Waals surface area contributed by atoms with Crippen LogP contribution in [0.5, 0.6) is 0 Å². The van der Waals surface area contributed by atoms with Gasteiger partial charge in [0.1, 0.15) is 0 Å². The first kappa shape index (κ1) is 11.8. The van der Waals surface area contributed by atoms with Crippen molar-refractivity contribution in [2.75, 3.05) is 6.61 Å². The molecule has 0 amide bonds. The SMILES string of the molecule is CC#CCC/C=C(\C)C(=O)OCC. The Labute approximate surface area is 80.0 Å². The highest BCUT2D eigenvalue weighted by molar-refractivity contribution is 5.87. The lowest BCUT2D eigenvalue weighted by Gasteiger charge is -2.00. The van der Waals surface area contributed by atoms with Crippen LogP contribution >= 0.6 is 0 Å². The van der Waals surface area contributed by atoms with Gasteiger partial charge >= 0.3 is 5.97 Å². The molecule has 0 N–H and O–H groups in total. The van der Waals surface area contributed by atoms with Crippen LogP contribution in [0.4, 0.5) is 0 Å². The highest BCUT2D eigenvalue weighted by Gasteiger charge is 2.02. The third-order valence-corrected chi connectivity index (χ3v) is 1.49. The lowest BCUT2D eigenvalue weighted by atomic mass is 10.2. The Balaban J connectivity index is 3.84. The minimum absolute atomic E-state index is 0.230. The van der Waals surface area contributed by atoms with E-state index in [2.05, 4.69) is 11.8 Å². The van der Waals surface area contributed by atoms with E-state index in [0.717, 1.165) is 12.8 Å². The van der Waals surface area contributed by atoms with Gasteiger partial charge in [0.2, 0.25) is 0 Å². The second kappa shape index (κ2) is 7.42. The lowest BCUT2D eigenvalue weighted by molar-refractivity contribution is -0.138. The number of ether oxygens (including phenoxy) is 1. The van der Waals surface area contributed by atoms with Crippen molar-refractivity contribution in [2.45, 2.75) is 33.6 Å². The molecule has 0 bridgehead atoms. The average Bonchev–Trinajstić information content (AvgIpc) is 2.12. The molecule has 2 nitrogen and oxygen atoms in total. The molecule has 0 heterocycles. The zero-order chi connectivity index (χ0) is 10.1. The summed E-state index contributed by atoms with van der Waals surface area (Å²) in [7, 11) is 0. The Morgan fingerprint density at radius 2 is 2.23 bits per heavy atom. The zero-order valence-electron chi connectivity index (χ0n) is 8.52. The summed E-state index contributed by atoms with van der Waals surface area (Å²) in [6.45, 7) is 5.80. The summed E-state index contributed by atoms with van der Waals surface area (Å²) in [6.07, 6.45) is 3.47. The van der Waals surface area contributed by atoms with E-state index in [0.29, 0.717) is 12.2 Å². The number of hydrogen-bond donors (Lipinski definition) is 0. The molecule has 13 heavy (non-hydrogen) atoms. The standard InChI is InChI=1S/C11H16O2/c1-4-6-7-8-9-10(3)11(12)13-5-2/h9H,5,7-8H2,1-3H3/b10-9+. The Kier molecular flexibility index (Phi) is 6.72. The van der Waals surface area contributed by atoms with Gasteiger partial charge in [0.25, 0.3) is 0 Å². The van der Waals surface area contributed by atoms with E-state index < -0.39 is 0 Å². The fourth-order valence-electron chi connectivity index (χ4n) is 0.814. The van der Waals surface area contributed by atoms with Crippen LogP contribution < -0.4 is 0 Å². The molecule has 0 saturated heterocycles. The van der Waals surface area contributed by atoms with Gasteiger partial charge < -0.3 is 4.74 Å². The summed E-state index contributed by atoms with van der Waals surface area (Å²) in [5.41, 5.74) is 0.666. The molecule has 0 fully saturated rings. The van der Waals surface area contributed by atoms with Crippen molar-refractivity contribution in [3.8, 4) is 11.8 Å².